The van der Waals surface area contributed by atoms with Crippen molar-refractivity contribution in [1.29, 1.82) is 0 Å². The zero-order valence-corrected chi connectivity index (χ0v) is 6.30. The minimum Gasteiger partial charge on any atom is -0.368 e. The molecule has 0 saturated heterocycles. The van der Waals surface area contributed by atoms with Crippen molar-refractivity contribution >= 4 is 5.97 Å². The normalized spacial score (nSPS) is 12.7. The first-order chi connectivity index (χ1) is 4.76. The van der Waals surface area contributed by atoms with Gasteiger partial charge in [-0.1, -0.05) is 0 Å². The smallest absolute Gasteiger partial charge is 0.368 e. The van der Waals surface area contributed by atoms with Gasteiger partial charge in [-0.15, -0.1) is 0 Å². The van der Waals surface area contributed by atoms with Crippen LogP contribution in [-0.4, -0.2) is 33.4 Å². The van der Waals surface area contributed by atoms with Crippen molar-refractivity contribution in [3.8, 4) is 0 Å². The van der Waals surface area contributed by atoms with Crippen molar-refractivity contribution in [3.63, 3.8) is 0 Å². The largest absolute Gasteiger partial charge is 0.369 e. The lowest BCUT2D eigenvalue weighted by Crippen LogP contribution is -2.39. The fourth-order valence-corrected chi connectivity index (χ4v) is 0.486. The lowest BCUT2D eigenvalue weighted by molar-refractivity contribution is -0.163. The molecule has 0 spiro atoms. The molecule has 10 heavy (non-hydrogen) atoms. The van der Waals surface area contributed by atoms with E-state index in [-0.39, 0.29) is 0 Å². The molecule has 0 aliphatic rings. The molecule has 5 heteroatoms. The molecule has 5 nitrogen and oxygen atoms in total. The van der Waals surface area contributed by atoms with E-state index in [2.05, 4.69) is 20.4 Å². The van der Waals surface area contributed by atoms with Crippen LogP contribution in [0.2, 0.25) is 0 Å². The van der Waals surface area contributed by atoms with Crippen molar-refractivity contribution < 1.29 is 14.4 Å². The number of ether oxygens (including phenoxy) is 1. The summed E-state index contributed by atoms with van der Waals surface area (Å²) in [5, 5.41) is 2.60. The van der Waals surface area contributed by atoms with Gasteiger partial charge >= 0.3 is 5.97 Å². The van der Waals surface area contributed by atoms with Gasteiger partial charge in [0.1, 0.15) is 0 Å². The first kappa shape index (κ1) is 9.35. The Morgan fingerprint density at radius 3 is 2.40 bits per heavy atom. The van der Waals surface area contributed by atoms with Crippen molar-refractivity contribution in [3.05, 3.63) is 0 Å². The van der Waals surface area contributed by atoms with Gasteiger partial charge in [0.2, 0.25) is 6.23 Å². The van der Waals surface area contributed by atoms with E-state index in [9.17, 15) is 4.79 Å². The SMILES string of the molecule is CNOC(=O)C(NC)OC. The molecule has 0 radical (unpaired) electrons. The Morgan fingerprint density at radius 2 is 2.10 bits per heavy atom. The van der Waals surface area contributed by atoms with Gasteiger partial charge in [0.25, 0.3) is 0 Å². The second-order valence-electron chi connectivity index (χ2n) is 1.53. The Morgan fingerprint density at radius 1 is 1.50 bits per heavy atom. The molecule has 0 saturated carbocycles. The number of hydrogen-bond acceptors (Lipinski definition) is 5. The first-order valence-corrected chi connectivity index (χ1v) is 2.83. The molecule has 0 heterocycles. The molecular weight excluding hydrogens is 136 g/mol. The van der Waals surface area contributed by atoms with Gasteiger partial charge in [0.15, 0.2) is 0 Å². The van der Waals surface area contributed by atoms with Crippen LogP contribution in [0.4, 0.5) is 0 Å². The van der Waals surface area contributed by atoms with Gasteiger partial charge in [-0.25, -0.2) is 4.79 Å². The van der Waals surface area contributed by atoms with E-state index in [1.165, 1.54) is 14.2 Å². The zero-order chi connectivity index (χ0) is 7.98. The summed E-state index contributed by atoms with van der Waals surface area (Å²) in [6, 6.07) is 0. The third-order valence-corrected chi connectivity index (χ3v) is 0.915. The number of hydroxylamine groups is 1. The van der Waals surface area contributed by atoms with Crippen LogP contribution in [0.25, 0.3) is 0 Å². The van der Waals surface area contributed by atoms with E-state index in [0.717, 1.165) is 0 Å². The standard InChI is InChI=1S/C5H12N2O3/c1-6-4(9-3)5(8)10-7-2/h4,6-7H,1-3H3. The third kappa shape index (κ3) is 2.77. The van der Waals surface area contributed by atoms with Gasteiger partial charge in [0, 0.05) is 14.2 Å². The third-order valence-electron chi connectivity index (χ3n) is 0.915. The average Bonchev–Trinajstić information content (AvgIpc) is 1.91. The molecule has 0 aromatic rings. The number of rotatable bonds is 4. The summed E-state index contributed by atoms with van der Waals surface area (Å²) in [5.74, 6) is -0.493. The van der Waals surface area contributed by atoms with Gasteiger partial charge in [0.05, 0.1) is 0 Å². The van der Waals surface area contributed by atoms with Crippen molar-refractivity contribution in [1.82, 2.24) is 10.8 Å². The Bertz CT molecular complexity index is 103. The lowest BCUT2D eigenvalue weighted by Gasteiger charge is -2.10. The van der Waals surface area contributed by atoms with Crippen LogP contribution in [0.1, 0.15) is 0 Å². The number of carbonyl (C=O) groups is 1. The molecule has 0 aromatic carbocycles. The molecule has 0 amide bonds. The lowest BCUT2D eigenvalue weighted by atomic mass is 10.6. The van der Waals surface area contributed by atoms with Crippen LogP contribution in [0.15, 0.2) is 0 Å². The minimum absolute atomic E-state index is 0.493. The Hall–Kier alpha value is -0.650. The first-order valence-electron chi connectivity index (χ1n) is 2.83. The predicted molar refractivity (Wildman–Crippen MR) is 35.0 cm³/mol. The van der Waals surface area contributed by atoms with Crippen molar-refractivity contribution in [2.75, 3.05) is 21.2 Å². The Labute approximate surface area is 59.6 Å². The molecule has 0 fully saturated rings. The van der Waals surface area contributed by atoms with Crippen molar-refractivity contribution in [2.24, 2.45) is 0 Å². The molecule has 1 atom stereocenters. The van der Waals surface area contributed by atoms with Crippen LogP contribution in [0, 0.1) is 0 Å². The summed E-state index contributed by atoms with van der Waals surface area (Å²) in [7, 11) is 4.52. The molecule has 0 rings (SSSR count). The van der Waals surface area contributed by atoms with Crippen molar-refractivity contribution in [2.45, 2.75) is 6.23 Å². The summed E-state index contributed by atoms with van der Waals surface area (Å²) in [6.07, 6.45) is -0.701. The molecule has 60 valence electrons. The second-order valence-corrected chi connectivity index (χ2v) is 1.53. The maximum atomic E-state index is 10.7. The van der Waals surface area contributed by atoms with E-state index in [0.29, 0.717) is 0 Å². The molecular formula is C5H12N2O3. The topological polar surface area (TPSA) is 59.6 Å². The maximum absolute atomic E-state index is 10.7. The average molecular weight is 148 g/mol. The number of likely N-dealkylation sites (N-methyl/N-ethyl adjacent to an activating group) is 1. The second kappa shape index (κ2) is 5.16. The summed E-state index contributed by atoms with van der Waals surface area (Å²) < 4.78 is 4.69. The number of methoxy groups -OCH3 is 1. The van der Waals surface area contributed by atoms with Crippen LogP contribution in [0.3, 0.4) is 0 Å². The molecule has 0 aliphatic heterocycles. The number of carbonyl (C=O) groups excluding carboxylic acids is 1. The van der Waals surface area contributed by atoms with Crippen LogP contribution >= 0.6 is 0 Å². The highest BCUT2D eigenvalue weighted by Crippen LogP contribution is 1.85. The summed E-state index contributed by atoms with van der Waals surface area (Å²) in [5.41, 5.74) is 2.25. The Kier molecular flexibility index (Phi) is 4.82. The summed E-state index contributed by atoms with van der Waals surface area (Å²) in [4.78, 5) is 15.1. The quantitative estimate of drug-likeness (QED) is 0.389. The molecule has 0 bridgehead atoms. The summed E-state index contributed by atoms with van der Waals surface area (Å²) >= 11 is 0. The van der Waals surface area contributed by atoms with E-state index in [1.54, 1.807) is 7.05 Å². The number of nitrogens with one attached hydrogen (secondary N) is 2. The number of hydrogen-bond donors (Lipinski definition) is 2. The fourth-order valence-electron chi connectivity index (χ4n) is 0.486. The van der Waals surface area contributed by atoms with Gasteiger partial charge in [-0.3, -0.25) is 5.32 Å². The monoisotopic (exact) mass is 148 g/mol. The molecule has 2 N–H and O–H groups in total. The maximum Gasteiger partial charge on any atom is 0.369 e. The zero-order valence-electron chi connectivity index (χ0n) is 6.30. The van der Waals surface area contributed by atoms with E-state index < -0.39 is 12.2 Å². The summed E-state index contributed by atoms with van der Waals surface area (Å²) in [6.45, 7) is 0. The van der Waals surface area contributed by atoms with Crippen LogP contribution in [0.5, 0.6) is 0 Å². The van der Waals surface area contributed by atoms with E-state index >= 15 is 0 Å². The fraction of sp³-hybridized carbons (Fsp3) is 0.800. The highest BCUT2D eigenvalue weighted by Gasteiger charge is 2.15. The molecule has 0 aliphatic carbocycles. The van der Waals surface area contributed by atoms with Crippen LogP contribution in [-0.2, 0) is 14.4 Å². The molecule has 1 unspecified atom stereocenters. The van der Waals surface area contributed by atoms with Crippen LogP contribution < -0.4 is 10.8 Å². The van der Waals surface area contributed by atoms with Gasteiger partial charge in [-0.2, -0.15) is 5.48 Å². The van der Waals surface area contributed by atoms with E-state index in [1.807, 2.05) is 0 Å². The van der Waals surface area contributed by atoms with E-state index in [4.69, 9.17) is 0 Å². The van der Waals surface area contributed by atoms with Gasteiger partial charge < -0.3 is 9.57 Å². The highest BCUT2D eigenvalue weighted by molar-refractivity contribution is 5.73. The predicted octanol–water partition coefficient (Wildman–Crippen LogP) is -1.14. The van der Waals surface area contributed by atoms with Gasteiger partial charge in [-0.05, 0) is 7.05 Å². The highest BCUT2D eigenvalue weighted by atomic mass is 16.7. The molecule has 0 aromatic heterocycles. The Balaban J connectivity index is 3.65. The minimum atomic E-state index is -0.701.